The fourth-order valence-electron chi connectivity index (χ4n) is 3.19. The highest BCUT2D eigenvalue weighted by atomic mass is 35.5. The minimum absolute atomic E-state index is 0.0178. The third-order valence-electron chi connectivity index (χ3n) is 5.23. The van der Waals surface area contributed by atoms with Gasteiger partial charge in [-0.15, -0.1) is 0 Å². The van der Waals surface area contributed by atoms with Crippen molar-refractivity contribution in [3.63, 3.8) is 0 Å². The molecule has 0 atom stereocenters. The minimum Gasteiger partial charge on any atom is -0.493 e. The lowest BCUT2D eigenvalue weighted by molar-refractivity contribution is 0.0950. The van der Waals surface area contributed by atoms with Crippen LogP contribution in [-0.2, 0) is 16.6 Å². The Labute approximate surface area is 198 Å². The molecule has 3 aromatic carbocycles. The second-order valence-electron chi connectivity index (χ2n) is 7.37. The molecular formula is C24H25ClN2O5S. The van der Waals surface area contributed by atoms with E-state index in [1.807, 2.05) is 19.9 Å². The molecule has 0 saturated carbocycles. The fraction of sp³-hybridized carbons (Fsp3) is 0.208. The maximum Gasteiger partial charge on any atom is 0.263 e. The van der Waals surface area contributed by atoms with Crippen molar-refractivity contribution in [3.8, 4) is 11.5 Å². The highest BCUT2D eigenvalue weighted by Crippen LogP contribution is 2.28. The van der Waals surface area contributed by atoms with Crippen LogP contribution < -0.4 is 19.5 Å². The van der Waals surface area contributed by atoms with Crippen LogP contribution in [0, 0.1) is 13.8 Å². The Hall–Kier alpha value is -3.23. The molecular weight excluding hydrogens is 464 g/mol. The van der Waals surface area contributed by atoms with E-state index in [-0.39, 0.29) is 22.0 Å². The molecule has 0 unspecified atom stereocenters. The zero-order valence-corrected chi connectivity index (χ0v) is 20.3. The van der Waals surface area contributed by atoms with Crippen molar-refractivity contribution in [1.82, 2.24) is 5.32 Å². The van der Waals surface area contributed by atoms with E-state index in [0.29, 0.717) is 17.2 Å². The predicted octanol–water partition coefficient (Wildman–Crippen LogP) is 4.70. The molecule has 9 heteroatoms. The Bertz CT molecular complexity index is 1290. The number of amides is 1. The molecule has 0 fully saturated rings. The third kappa shape index (κ3) is 5.58. The number of carbonyl (C=O) groups excluding carboxylic acids is 1. The standard InChI is InChI=1S/C24H25ClN2O5S/c1-15-6-5-7-20(16(15)2)27-33(29,30)23-13-18(9-10-19(23)25)24(28)26-14-17-8-11-21(31-3)22(12-17)32-4/h5-13,27H,14H2,1-4H3,(H,26,28). The number of aryl methyl sites for hydroxylation is 1. The van der Waals surface area contributed by atoms with Gasteiger partial charge in [-0.25, -0.2) is 8.42 Å². The van der Waals surface area contributed by atoms with Gasteiger partial charge in [-0.3, -0.25) is 9.52 Å². The summed E-state index contributed by atoms with van der Waals surface area (Å²) in [6, 6.07) is 14.8. The van der Waals surface area contributed by atoms with Gasteiger partial charge in [0, 0.05) is 12.1 Å². The summed E-state index contributed by atoms with van der Waals surface area (Å²) in [7, 11) is -0.943. The highest BCUT2D eigenvalue weighted by molar-refractivity contribution is 7.92. The van der Waals surface area contributed by atoms with Gasteiger partial charge >= 0.3 is 0 Å². The molecule has 174 valence electrons. The summed E-state index contributed by atoms with van der Waals surface area (Å²) < 4.78 is 39.1. The average molecular weight is 489 g/mol. The highest BCUT2D eigenvalue weighted by Gasteiger charge is 2.21. The number of ether oxygens (including phenoxy) is 2. The first-order valence-corrected chi connectivity index (χ1v) is 11.9. The molecule has 0 aliphatic carbocycles. The van der Waals surface area contributed by atoms with Gasteiger partial charge in [0.05, 0.1) is 24.9 Å². The van der Waals surface area contributed by atoms with E-state index in [9.17, 15) is 13.2 Å². The van der Waals surface area contributed by atoms with Gasteiger partial charge in [-0.05, 0) is 66.9 Å². The van der Waals surface area contributed by atoms with Gasteiger partial charge in [0.15, 0.2) is 11.5 Å². The quantitative estimate of drug-likeness (QED) is 0.479. The summed E-state index contributed by atoms with van der Waals surface area (Å²) in [5.74, 6) is 0.683. The van der Waals surface area contributed by atoms with E-state index in [1.54, 1.807) is 37.4 Å². The Morgan fingerprint density at radius 1 is 0.970 bits per heavy atom. The van der Waals surface area contributed by atoms with Crippen molar-refractivity contribution in [2.24, 2.45) is 0 Å². The predicted molar refractivity (Wildman–Crippen MR) is 129 cm³/mol. The van der Waals surface area contributed by atoms with Gasteiger partial charge in [0.1, 0.15) is 4.90 Å². The number of methoxy groups -OCH3 is 2. The molecule has 1 amide bonds. The molecule has 0 aliphatic rings. The van der Waals surface area contributed by atoms with Crippen LogP contribution in [0.2, 0.25) is 5.02 Å². The Morgan fingerprint density at radius 3 is 2.39 bits per heavy atom. The summed E-state index contributed by atoms with van der Waals surface area (Å²) in [4.78, 5) is 12.5. The Morgan fingerprint density at radius 2 is 1.70 bits per heavy atom. The van der Waals surface area contributed by atoms with Crippen molar-refractivity contribution < 1.29 is 22.7 Å². The van der Waals surface area contributed by atoms with E-state index in [1.165, 1.54) is 25.3 Å². The van der Waals surface area contributed by atoms with Crippen LogP contribution in [0.5, 0.6) is 11.5 Å². The van der Waals surface area contributed by atoms with E-state index in [4.69, 9.17) is 21.1 Å². The lowest BCUT2D eigenvalue weighted by Gasteiger charge is -2.14. The first-order valence-electron chi connectivity index (χ1n) is 10.0. The van der Waals surface area contributed by atoms with Gasteiger partial charge in [0.25, 0.3) is 15.9 Å². The van der Waals surface area contributed by atoms with Crippen LogP contribution in [0.1, 0.15) is 27.0 Å². The summed E-state index contributed by atoms with van der Waals surface area (Å²) in [5.41, 5.74) is 3.17. The lowest BCUT2D eigenvalue weighted by Crippen LogP contribution is -2.23. The van der Waals surface area contributed by atoms with E-state index < -0.39 is 15.9 Å². The maximum atomic E-state index is 13.0. The molecule has 0 heterocycles. The van der Waals surface area contributed by atoms with Crippen LogP contribution in [0.4, 0.5) is 5.69 Å². The molecule has 0 radical (unpaired) electrons. The van der Waals surface area contributed by atoms with E-state index in [0.717, 1.165) is 16.7 Å². The SMILES string of the molecule is COc1ccc(CNC(=O)c2ccc(Cl)c(S(=O)(=O)Nc3cccc(C)c3C)c2)cc1OC. The number of benzene rings is 3. The number of sulfonamides is 1. The van der Waals surface area contributed by atoms with Gasteiger partial charge < -0.3 is 14.8 Å². The second-order valence-corrected chi connectivity index (χ2v) is 9.43. The van der Waals surface area contributed by atoms with Gasteiger partial charge in [-0.2, -0.15) is 0 Å². The molecule has 3 aromatic rings. The summed E-state index contributed by atoms with van der Waals surface area (Å²) in [6.45, 7) is 3.93. The van der Waals surface area contributed by atoms with Crippen molar-refractivity contribution in [1.29, 1.82) is 0 Å². The number of anilines is 1. The van der Waals surface area contributed by atoms with Crippen molar-refractivity contribution in [2.75, 3.05) is 18.9 Å². The first kappa shape index (κ1) is 24.4. The first-order chi connectivity index (χ1) is 15.7. The third-order valence-corrected chi connectivity index (χ3v) is 7.08. The number of carbonyl (C=O) groups is 1. The molecule has 3 rings (SSSR count). The van der Waals surface area contributed by atoms with Gasteiger partial charge in [-0.1, -0.05) is 29.8 Å². The monoisotopic (exact) mass is 488 g/mol. The van der Waals surface area contributed by atoms with Crippen molar-refractivity contribution in [3.05, 3.63) is 81.9 Å². The number of nitrogens with one attached hydrogen (secondary N) is 2. The topological polar surface area (TPSA) is 93.7 Å². The number of rotatable bonds is 8. The van der Waals surface area contributed by atoms with Gasteiger partial charge in [0.2, 0.25) is 0 Å². The lowest BCUT2D eigenvalue weighted by atomic mass is 10.1. The number of hydrogen-bond acceptors (Lipinski definition) is 5. The van der Waals surface area contributed by atoms with Crippen LogP contribution in [0.25, 0.3) is 0 Å². The summed E-state index contributed by atoms with van der Waals surface area (Å²) >= 11 is 6.18. The van der Waals surface area contributed by atoms with Crippen molar-refractivity contribution >= 4 is 33.2 Å². The number of halogens is 1. The fourth-order valence-corrected chi connectivity index (χ4v) is 4.84. The Balaban J connectivity index is 1.80. The molecule has 2 N–H and O–H groups in total. The normalized spacial score (nSPS) is 11.1. The largest absolute Gasteiger partial charge is 0.493 e. The molecule has 0 bridgehead atoms. The zero-order chi connectivity index (χ0) is 24.2. The molecule has 7 nitrogen and oxygen atoms in total. The van der Waals surface area contributed by atoms with Crippen LogP contribution in [0.15, 0.2) is 59.5 Å². The summed E-state index contributed by atoms with van der Waals surface area (Å²) in [5, 5.41) is 2.79. The van der Waals surface area contributed by atoms with E-state index in [2.05, 4.69) is 10.0 Å². The second kappa shape index (κ2) is 10.1. The van der Waals surface area contributed by atoms with Crippen LogP contribution in [0.3, 0.4) is 0 Å². The van der Waals surface area contributed by atoms with Crippen LogP contribution in [-0.4, -0.2) is 28.5 Å². The molecule has 33 heavy (non-hydrogen) atoms. The molecule has 0 aliphatic heterocycles. The van der Waals surface area contributed by atoms with E-state index >= 15 is 0 Å². The molecule has 0 saturated heterocycles. The average Bonchev–Trinajstić information content (AvgIpc) is 2.80. The Kier molecular flexibility index (Phi) is 7.50. The zero-order valence-electron chi connectivity index (χ0n) is 18.7. The van der Waals surface area contributed by atoms with Crippen molar-refractivity contribution in [2.45, 2.75) is 25.3 Å². The maximum absolute atomic E-state index is 13.0. The summed E-state index contributed by atoms with van der Waals surface area (Å²) in [6.07, 6.45) is 0. The van der Waals surface area contributed by atoms with Crippen LogP contribution >= 0.6 is 11.6 Å². The molecule has 0 aromatic heterocycles. The smallest absolute Gasteiger partial charge is 0.263 e. The minimum atomic E-state index is -4.02. The number of hydrogen-bond donors (Lipinski definition) is 2. The molecule has 0 spiro atoms.